The molecule has 2 aromatic rings. The second kappa shape index (κ2) is 7.20. The average Bonchev–Trinajstić information content (AvgIpc) is 3.18. The smallest absolute Gasteiger partial charge is 0.286 e. The number of halogens is 1. The predicted octanol–water partition coefficient (Wildman–Crippen LogP) is 3.33. The molecule has 0 radical (unpaired) electrons. The minimum absolute atomic E-state index is 0.188. The Morgan fingerprint density at radius 2 is 2.39 bits per heavy atom. The van der Waals surface area contributed by atoms with Crippen molar-refractivity contribution in [1.29, 1.82) is 0 Å². The molecule has 1 atom stereocenters. The van der Waals surface area contributed by atoms with Crippen LogP contribution in [0.3, 0.4) is 0 Å². The van der Waals surface area contributed by atoms with Crippen LogP contribution >= 0.6 is 23.1 Å². The number of anilines is 1. The number of rotatable bonds is 6. The van der Waals surface area contributed by atoms with Crippen LogP contribution in [0.2, 0.25) is 0 Å². The minimum Gasteiger partial charge on any atom is -0.376 e. The van der Waals surface area contributed by atoms with Gasteiger partial charge in [-0.25, -0.2) is 4.39 Å². The standard InChI is InChI=1S/C13H13FN4O3S2/c14-8-3-4-11(10(6-8)18(19)20)22-13-17-16-12(23-13)15-7-9-2-1-5-21-9/h3-4,6,9H,1-2,5,7H2,(H,15,16). The maximum atomic E-state index is 13.1. The predicted molar refractivity (Wildman–Crippen MR) is 84.6 cm³/mol. The van der Waals surface area contributed by atoms with E-state index >= 15 is 0 Å². The van der Waals surface area contributed by atoms with Gasteiger partial charge in [-0.3, -0.25) is 10.1 Å². The molecular formula is C13H13FN4O3S2. The molecule has 3 rings (SSSR count). The van der Waals surface area contributed by atoms with Crippen LogP contribution in [0.4, 0.5) is 15.2 Å². The molecule has 23 heavy (non-hydrogen) atoms. The minimum atomic E-state index is -0.641. The monoisotopic (exact) mass is 356 g/mol. The third kappa shape index (κ3) is 4.15. The van der Waals surface area contributed by atoms with Crippen molar-refractivity contribution in [2.45, 2.75) is 28.2 Å². The molecule has 1 aromatic carbocycles. The quantitative estimate of drug-likeness (QED) is 0.627. The highest BCUT2D eigenvalue weighted by Gasteiger charge is 2.19. The van der Waals surface area contributed by atoms with Crippen LogP contribution in [0.15, 0.2) is 27.4 Å². The van der Waals surface area contributed by atoms with E-state index < -0.39 is 10.7 Å². The number of ether oxygens (including phenoxy) is 1. The van der Waals surface area contributed by atoms with Gasteiger partial charge in [-0.2, -0.15) is 0 Å². The zero-order valence-electron chi connectivity index (χ0n) is 11.9. The Hall–Kier alpha value is -1.78. The molecule has 1 aliphatic heterocycles. The van der Waals surface area contributed by atoms with Gasteiger partial charge in [-0.05, 0) is 36.7 Å². The topological polar surface area (TPSA) is 90.2 Å². The van der Waals surface area contributed by atoms with Crippen molar-refractivity contribution in [2.24, 2.45) is 0 Å². The van der Waals surface area contributed by atoms with Gasteiger partial charge in [0.2, 0.25) is 5.13 Å². The third-order valence-corrected chi connectivity index (χ3v) is 5.22. The molecule has 10 heteroatoms. The van der Waals surface area contributed by atoms with Crippen LogP contribution in [0.5, 0.6) is 0 Å². The molecule has 1 saturated heterocycles. The maximum absolute atomic E-state index is 13.1. The van der Waals surface area contributed by atoms with Crippen molar-refractivity contribution in [2.75, 3.05) is 18.5 Å². The van der Waals surface area contributed by atoms with Gasteiger partial charge in [-0.1, -0.05) is 11.3 Å². The van der Waals surface area contributed by atoms with Gasteiger partial charge >= 0.3 is 0 Å². The van der Waals surface area contributed by atoms with Crippen LogP contribution < -0.4 is 5.32 Å². The SMILES string of the molecule is O=[N+]([O-])c1cc(F)ccc1Sc1nnc(NCC2CCCO2)s1. The molecular weight excluding hydrogens is 343 g/mol. The Kier molecular flexibility index (Phi) is 5.03. The average molecular weight is 356 g/mol. The van der Waals surface area contributed by atoms with Crippen molar-refractivity contribution in [1.82, 2.24) is 10.2 Å². The lowest BCUT2D eigenvalue weighted by molar-refractivity contribution is -0.387. The van der Waals surface area contributed by atoms with Crippen molar-refractivity contribution < 1.29 is 14.1 Å². The number of nitrogens with zero attached hydrogens (tertiary/aromatic N) is 3. The van der Waals surface area contributed by atoms with Gasteiger partial charge in [0, 0.05) is 13.2 Å². The van der Waals surface area contributed by atoms with E-state index in [0.29, 0.717) is 20.9 Å². The van der Waals surface area contributed by atoms with E-state index in [0.717, 1.165) is 37.3 Å². The van der Waals surface area contributed by atoms with E-state index in [1.54, 1.807) is 0 Å². The molecule has 122 valence electrons. The zero-order chi connectivity index (χ0) is 16.2. The number of nitro benzene ring substituents is 1. The van der Waals surface area contributed by atoms with Crippen LogP contribution in [0, 0.1) is 15.9 Å². The largest absolute Gasteiger partial charge is 0.376 e. The van der Waals surface area contributed by atoms with Gasteiger partial charge in [-0.15, -0.1) is 10.2 Å². The first-order valence-electron chi connectivity index (χ1n) is 6.92. The first-order valence-corrected chi connectivity index (χ1v) is 8.56. The van der Waals surface area contributed by atoms with E-state index in [1.807, 2.05) is 0 Å². The lowest BCUT2D eigenvalue weighted by Gasteiger charge is -2.08. The summed E-state index contributed by atoms with van der Waals surface area (Å²) in [4.78, 5) is 10.7. The Balaban J connectivity index is 1.65. The van der Waals surface area contributed by atoms with E-state index in [-0.39, 0.29) is 11.8 Å². The van der Waals surface area contributed by atoms with Crippen molar-refractivity contribution in [3.8, 4) is 0 Å². The Bertz CT molecular complexity index is 706. The summed E-state index contributed by atoms with van der Waals surface area (Å²) >= 11 is 2.39. The Labute approximate surface area is 139 Å². The molecule has 0 amide bonds. The molecule has 2 heterocycles. The van der Waals surface area contributed by atoms with Gasteiger partial charge in [0.05, 0.1) is 22.0 Å². The second-order valence-corrected chi connectivity index (χ2v) is 7.13. The molecule has 0 spiro atoms. The molecule has 1 aromatic heterocycles. The summed E-state index contributed by atoms with van der Waals surface area (Å²) in [5.74, 6) is -0.641. The Morgan fingerprint density at radius 1 is 1.52 bits per heavy atom. The number of nitro groups is 1. The fourth-order valence-corrected chi connectivity index (χ4v) is 3.94. The summed E-state index contributed by atoms with van der Waals surface area (Å²) in [6.07, 6.45) is 2.28. The highest BCUT2D eigenvalue weighted by Crippen LogP contribution is 2.37. The summed E-state index contributed by atoms with van der Waals surface area (Å²) in [7, 11) is 0. The molecule has 7 nitrogen and oxygen atoms in total. The lowest BCUT2D eigenvalue weighted by atomic mass is 10.2. The fourth-order valence-electron chi connectivity index (χ4n) is 2.14. The van der Waals surface area contributed by atoms with E-state index in [1.165, 1.54) is 23.5 Å². The highest BCUT2D eigenvalue weighted by atomic mass is 32.2. The van der Waals surface area contributed by atoms with Gasteiger partial charge in [0.15, 0.2) is 4.34 Å². The first kappa shape index (κ1) is 16.1. The lowest BCUT2D eigenvalue weighted by Crippen LogP contribution is -2.18. The summed E-state index contributed by atoms with van der Waals surface area (Å²) in [6, 6.07) is 3.46. The molecule has 1 N–H and O–H groups in total. The second-order valence-electron chi connectivity index (χ2n) is 4.86. The molecule has 0 aliphatic carbocycles. The summed E-state index contributed by atoms with van der Waals surface area (Å²) in [5, 5.41) is 22.8. The van der Waals surface area contributed by atoms with E-state index in [9.17, 15) is 14.5 Å². The van der Waals surface area contributed by atoms with E-state index in [2.05, 4.69) is 15.5 Å². The summed E-state index contributed by atoms with van der Waals surface area (Å²) in [6.45, 7) is 1.45. The van der Waals surface area contributed by atoms with Crippen molar-refractivity contribution in [3.05, 3.63) is 34.1 Å². The van der Waals surface area contributed by atoms with Crippen LogP contribution in [0.25, 0.3) is 0 Å². The number of hydrogen-bond donors (Lipinski definition) is 1. The van der Waals surface area contributed by atoms with Crippen molar-refractivity contribution in [3.63, 3.8) is 0 Å². The van der Waals surface area contributed by atoms with E-state index in [4.69, 9.17) is 4.74 Å². The van der Waals surface area contributed by atoms with Gasteiger partial charge < -0.3 is 10.1 Å². The molecule has 0 saturated carbocycles. The van der Waals surface area contributed by atoms with Crippen LogP contribution in [0.1, 0.15) is 12.8 Å². The van der Waals surface area contributed by atoms with Crippen LogP contribution in [-0.2, 0) is 4.74 Å². The fraction of sp³-hybridized carbons (Fsp3) is 0.385. The number of benzene rings is 1. The highest BCUT2D eigenvalue weighted by molar-refractivity contribution is 8.01. The normalized spacial score (nSPS) is 17.3. The summed E-state index contributed by atoms with van der Waals surface area (Å²) in [5.41, 5.74) is -0.279. The van der Waals surface area contributed by atoms with Gasteiger partial charge in [0.1, 0.15) is 5.82 Å². The molecule has 1 aliphatic rings. The third-order valence-electron chi connectivity index (χ3n) is 3.23. The summed E-state index contributed by atoms with van der Waals surface area (Å²) < 4.78 is 19.2. The number of aromatic nitrogens is 2. The Morgan fingerprint density at radius 3 is 3.13 bits per heavy atom. The van der Waals surface area contributed by atoms with Crippen molar-refractivity contribution >= 4 is 33.9 Å². The number of hydrogen-bond acceptors (Lipinski definition) is 8. The van der Waals surface area contributed by atoms with Crippen LogP contribution in [-0.4, -0.2) is 34.4 Å². The first-order chi connectivity index (χ1) is 11.1. The van der Waals surface area contributed by atoms with Gasteiger partial charge in [0.25, 0.3) is 5.69 Å². The zero-order valence-corrected chi connectivity index (χ0v) is 13.5. The molecule has 1 unspecified atom stereocenters. The number of nitrogens with one attached hydrogen (secondary N) is 1. The molecule has 0 bridgehead atoms. The molecule has 1 fully saturated rings. The maximum Gasteiger partial charge on any atom is 0.286 e.